The number of hydrogen-bond donors (Lipinski definition) is 0. The molecule has 1 aliphatic rings. The third-order valence-corrected chi connectivity index (χ3v) is 6.38. The molecule has 5 nitrogen and oxygen atoms in total. The molecule has 1 fully saturated rings. The first-order valence-corrected chi connectivity index (χ1v) is 11.5. The predicted octanol–water partition coefficient (Wildman–Crippen LogP) is 5.63. The maximum Gasteiger partial charge on any atom is 0.266 e. The number of aromatic nitrogens is 2. The number of thiocarbonyl (C=S) groups is 1. The van der Waals surface area contributed by atoms with Crippen molar-refractivity contribution in [1.29, 1.82) is 0 Å². The standard InChI is InChI=1S/C25H23N3O2S2/c1-4-13-27-24(29)22(32-25(27)31)15-18-16-28(19-9-7-6-8-10-19)26-23(18)21-12-11-20(30-5-2)14-17(21)3/h4,6-12,14-16H,1,5,13H2,2-3H3. The summed E-state index contributed by atoms with van der Waals surface area (Å²) < 4.78 is 8.01. The van der Waals surface area contributed by atoms with Gasteiger partial charge in [0.2, 0.25) is 0 Å². The van der Waals surface area contributed by atoms with Gasteiger partial charge in [-0.15, -0.1) is 6.58 Å². The maximum absolute atomic E-state index is 12.9. The molecule has 32 heavy (non-hydrogen) atoms. The average Bonchev–Trinajstić information content (AvgIpc) is 3.31. The summed E-state index contributed by atoms with van der Waals surface area (Å²) in [5, 5.41) is 4.88. The molecule has 1 aromatic heterocycles. The van der Waals surface area contributed by atoms with Crippen LogP contribution in [0.25, 0.3) is 23.0 Å². The Hall–Kier alpha value is -3.16. The van der Waals surface area contributed by atoms with Gasteiger partial charge in [0.15, 0.2) is 0 Å². The Bertz CT molecular complexity index is 1220. The first-order valence-electron chi connectivity index (χ1n) is 10.3. The Balaban J connectivity index is 1.81. The zero-order chi connectivity index (χ0) is 22.7. The molecule has 2 heterocycles. The quantitative estimate of drug-likeness (QED) is 0.259. The zero-order valence-electron chi connectivity index (χ0n) is 17.9. The Morgan fingerprint density at radius 2 is 2.00 bits per heavy atom. The highest BCUT2D eigenvalue weighted by Gasteiger charge is 2.31. The minimum absolute atomic E-state index is 0.110. The van der Waals surface area contributed by atoms with Gasteiger partial charge < -0.3 is 4.74 Å². The number of aryl methyl sites for hydroxylation is 1. The lowest BCUT2D eigenvalue weighted by molar-refractivity contribution is -0.121. The van der Waals surface area contributed by atoms with Gasteiger partial charge in [-0.3, -0.25) is 9.69 Å². The summed E-state index contributed by atoms with van der Waals surface area (Å²) in [6.07, 6.45) is 5.50. The van der Waals surface area contributed by atoms with Gasteiger partial charge in [-0.2, -0.15) is 5.10 Å². The molecule has 0 radical (unpaired) electrons. The van der Waals surface area contributed by atoms with Crippen molar-refractivity contribution in [1.82, 2.24) is 14.7 Å². The lowest BCUT2D eigenvalue weighted by Gasteiger charge is -2.10. The molecule has 7 heteroatoms. The minimum atomic E-state index is -0.110. The van der Waals surface area contributed by atoms with Gasteiger partial charge in [0.1, 0.15) is 15.8 Å². The molecule has 162 valence electrons. The van der Waals surface area contributed by atoms with Crippen LogP contribution >= 0.6 is 24.0 Å². The number of carbonyl (C=O) groups is 1. The second kappa shape index (κ2) is 9.54. The van der Waals surface area contributed by atoms with Crippen molar-refractivity contribution in [3.05, 3.63) is 83.4 Å². The Kier molecular flexibility index (Phi) is 6.58. The number of nitrogens with zero attached hydrogens (tertiary/aromatic N) is 3. The molecule has 1 saturated heterocycles. The normalized spacial score (nSPS) is 14.9. The highest BCUT2D eigenvalue weighted by molar-refractivity contribution is 8.26. The fourth-order valence-electron chi connectivity index (χ4n) is 3.50. The zero-order valence-corrected chi connectivity index (χ0v) is 19.6. The van der Waals surface area contributed by atoms with Gasteiger partial charge in [-0.05, 0) is 55.8 Å². The van der Waals surface area contributed by atoms with Crippen LogP contribution in [0.2, 0.25) is 0 Å². The van der Waals surface area contributed by atoms with Gasteiger partial charge in [-0.1, -0.05) is 48.3 Å². The molecule has 0 N–H and O–H groups in total. The summed E-state index contributed by atoms with van der Waals surface area (Å²) in [5.41, 5.74) is 4.61. The summed E-state index contributed by atoms with van der Waals surface area (Å²) >= 11 is 6.69. The molecule has 0 saturated carbocycles. The van der Waals surface area contributed by atoms with E-state index in [2.05, 4.69) is 6.58 Å². The van der Waals surface area contributed by atoms with Gasteiger partial charge in [0.25, 0.3) is 5.91 Å². The van der Waals surface area contributed by atoms with E-state index in [1.807, 2.05) is 79.3 Å². The molecular formula is C25H23N3O2S2. The van der Waals surface area contributed by atoms with E-state index in [0.717, 1.165) is 33.8 Å². The van der Waals surface area contributed by atoms with Crippen LogP contribution in [0, 0.1) is 6.92 Å². The SMILES string of the molecule is C=CCN1C(=O)C(=Cc2cn(-c3ccccc3)nc2-c2ccc(OCC)cc2C)SC1=S. The van der Waals surface area contributed by atoms with E-state index in [-0.39, 0.29) is 5.91 Å². The second-order valence-electron chi connectivity index (χ2n) is 7.20. The van der Waals surface area contributed by atoms with Crippen LogP contribution < -0.4 is 4.74 Å². The molecule has 4 rings (SSSR count). The molecule has 0 bridgehead atoms. The number of para-hydroxylation sites is 1. The molecule has 1 amide bonds. The fourth-order valence-corrected chi connectivity index (χ4v) is 4.77. The first-order chi connectivity index (χ1) is 15.5. The molecule has 0 aliphatic carbocycles. The summed E-state index contributed by atoms with van der Waals surface area (Å²) in [4.78, 5) is 15.0. The van der Waals surface area contributed by atoms with Crippen LogP contribution in [0.15, 0.2) is 72.3 Å². The molecule has 3 aromatic rings. The second-order valence-corrected chi connectivity index (χ2v) is 8.88. The molecule has 0 unspecified atom stereocenters. The first kappa shape index (κ1) is 22.0. The van der Waals surface area contributed by atoms with Crippen LogP contribution in [0.1, 0.15) is 18.1 Å². The van der Waals surface area contributed by atoms with Gasteiger partial charge in [0, 0.05) is 23.9 Å². The summed E-state index contributed by atoms with van der Waals surface area (Å²) in [6.45, 7) is 8.72. The Morgan fingerprint density at radius 1 is 1.22 bits per heavy atom. The van der Waals surface area contributed by atoms with Gasteiger partial charge >= 0.3 is 0 Å². The number of amides is 1. The average molecular weight is 462 g/mol. The van der Waals surface area contributed by atoms with Crippen molar-refractivity contribution in [2.75, 3.05) is 13.2 Å². The third kappa shape index (κ3) is 4.40. The van der Waals surface area contributed by atoms with Crippen LogP contribution in [-0.2, 0) is 4.79 Å². The van der Waals surface area contributed by atoms with Crippen molar-refractivity contribution in [2.45, 2.75) is 13.8 Å². The van der Waals surface area contributed by atoms with Gasteiger partial charge in [0.05, 0.1) is 17.2 Å². The van der Waals surface area contributed by atoms with E-state index in [1.165, 1.54) is 11.8 Å². The smallest absolute Gasteiger partial charge is 0.266 e. The predicted molar refractivity (Wildman–Crippen MR) is 135 cm³/mol. The topological polar surface area (TPSA) is 47.4 Å². The number of hydrogen-bond acceptors (Lipinski definition) is 5. The van der Waals surface area contributed by atoms with E-state index in [1.54, 1.807) is 11.0 Å². The lowest BCUT2D eigenvalue weighted by atomic mass is 10.0. The monoisotopic (exact) mass is 461 g/mol. The molecule has 0 spiro atoms. The van der Waals surface area contributed by atoms with E-state index in [0.29, 0.717) is 22.4 Å². The van der Waals surface area contributed by atoms with Crippen molar-refractivity contribution in [3.8, 4) is 22.7 Å². The van der Waals surface area contributed by atoms with E-state index in [9.17, 15) is 4.79 Å². The Labute approximate surface area is 197 Å². The number of benzene rings is 2. The fraction of sp³-hybridized carbons (Fsp3) is 0.160. The number of thioether (sulfide) groups is 1. The van der Waals surface area contributed by atoms with Crippen LogP contribution in [0.4, 0.5) is 0 Å². The van der Waals surface area contributed by atoms with Crippen LogP contribution in [0.5, 0.6) is 5.75 Å². The highest BCUT2D eigenvalue weighted by Crippen LogP contribution is 2.36. The lowest BCUT2D eigenvalue weighted by Crippen LogP contribution is -2.27. The largest absolute Gasteiger partial charge is 0.494 e. The van der Waals surface area contributed by atoms with E-state index < -0.39 is 0 Å². The van der Waals surface area contributed by atoms with Crippen LogP contribution in [-0.4, -0.2) is 38.1 Å². The number of carbonyl (C=O) groups excluding carboxylic acids is 1. The van der Waals surface area contributed by atoms with E-state index >= 15 is 0 Å². The van der Waals surface area contributed by atoms with Crippen molar-refractivity contribution in [2.24, 2.45) is 0 Å². The third-order valence-electron chi connectivity index (χ3n) is 5.00. The summed E-state index contributed by atoms with van der Waals surface area (Å²) in [5.74, 6) is 0.713. The van der Waals surface area contributed by atoms with Crippen molar-refractivity contribution < 1.29 is 9.53 Å². The summed E-state index contributed by atoms with van der Waals surface area (Å²) in [7, 11) is 0. The minimum Gasteiger partial charge on any atom is -0.494 e. The highest BCUT2D eigenvalue weighted by atomic mass is 32.2. The van der Waals surface area contributed by atoms with E-state index in [4.69, 9.17) is 22.1 Å². The molecule has 1 aliphatic heterocycles. The van der Waals surface area contributed by atoms with Gasteiger partial charge in [-0.25, -0.2) is 4.68 Å². The van der Waals surface area contributed by atoms with Crippen molar-refractivity contribution in [3.63, 3.8) is 0 Å². The van der Waals surface area contributed by atoms with Crippen molar-refractivity contribution >= 4 is 40.3 Å². The molecule has 2 aromatic carbocycles. The number of ether oxygens (including phenoxy) is 1. The molecular weight excluding hydrogens is 438 g/mol. The Morgan fingerprint density at radius 3 is 2.69 bits per heavy atom. The number of rotatable bonds is 7. The molecule has 0 atom stereocenters. The van der Waals surface area contributed by atoms with Crippen LogP contribution in [0.3, 0.4) is 0 Å². The summed E-state index contributed by atoms with van der Waals surface area (Å²) in [6, 6.07) is 15.9. The maximum atomic E-state index is 12.9.